The van der Waals surface area contributed by atoms with Crippen molar-refractivity contribution < 1.29 is 4.74 Å². The number of ether oxygens (including phenoxy) is 1. The predicted molar refractivity (Wildman–Crippen MR) is 64.1 cm³/mol. The second kappa shape index (κ2) is 4.49. The van der Waals surface area contributed by atoms with Crippen molar-refractivity contribution in [1.82, 2.24) is 4.98 Å². The van der Waals surface area contributed by atoms with Crippen molar-refractivity contribution >= 4 is 21.7 Å². The number of nitrogens with zero attached hydrogens (tertiary/aromatic N) is 1. The van der Waals surface area contributed by atoms with Crippen molar-refractivity contribution in [3.63, 3.8) is 0 Å². The van der Waals surface area contributed by atoms with Crippen LogP contribution in [0.15, 0.2) is 16.7 Å². The Labute approximate surface area is 98.4 Å². The molecule has 3 nitrogen and oxygen atoms in total. The van der Waals surface area contributed by atoms with Crippen molar-refractivity contribution in [2.45, 2.75) is 31.9 Å². The van der Waals surface area contributed by atoms with E-state index in [4.69, 9.17) is 4.74 Å². The van der Waals surface area contributed by atoms with Crippen molar-refractivity contribution in [3.05, 3.63) is 22.3 Å². The van der Waals surface area contributed by atoms with Gasteiger partial charge in [-0.25, -0.2) is 4.98 Å². The fourth-order valence-corrected chi connectivity index (χ4v) is 2.21. The number of hydrogen-bond acceptors (Lipinski definition) is 3. The van der Waals surface area contributed by atoms with Gasteiger partial charge in [-0.15, -0.1) is 0 Å². The summed E-state index contributed by atoms with van der Waals surface area (Å²) in [6.45, 7) is 2.06. The highest BCUT2D eigenvalue weighted by Crippen LogP contribution is 2.27. The van der Waals surface area contributed by atoms with E-state index in [0.29, 0.717) is 12.1 Å². The molecule has 0 spiro atoms. The third kappa shape index (κ3) is 2.49. The average molecular weight is 271 g/mol. The Kier molecular flexibility index (Phi) is 3.26. The van der Waals surface area contributed by atoms with Crippen LogP contribution in [0.5, 0.6) is 0 Å². The first kappa shape index (κ1) is 10.9. The maximum Gasteiger partial charge on any atom is 0.129 e. The van der Waals surface area contributed by atoms with Gasteiger partial charge in [0.25, 0.3) is 0 Å². The Bertz CT molecular complexity index is 350. The number of methoxy groups -OCH3 is 1. The molecule has 1 N–H and O–H groups in total. The molecule has 1 aromatic rings. The van der Waals surface area contributed by atoms with Gasteiger partial charge in [-0.05, 0) is 47.3 Å². The van der Waals surface area contributed by atoms with Crippen LogP contribution in [-0.2, 0) is 4.74 Å². The van der Waals surface area contributed by atoms with Gasteiger partial charge in [0.2, 0.25) is 0 Å². The summed E-state index contributed by atoms with van der Waals surface area (Å²) in [5.41, 5.74) is 1.17. The summed E-state index contributed by atoms with van der Waals surface area (Å²) in [6.07, 6.45) is 4.40. The molecule has 0 aromatic carbocycles. The molecular weight excluding hydrogens is 256 g/mol. The highest BCUT2D eigenvalue weighted by molar-refractivity contribution is 9.10. The molecule has 0 aliphatic heterocycles. The number of halogens is 1. The molecule has 0 saturated heterocycles. The maximum absolute atomic E-state index is 5.24. The largest absolute Gasteiger partial charge is 0.381 e. The smallest absolute Gasteiger partial charge is 0.129 e. The fourth-order valence-electron chi connectivity index (χ4n) is 1.76. The molecule has 1 fully saturated rings. The van der Waals surface area contributed by atoms with Crippen LogP contribution in [0.1, 0.15) is 18.4 Å². The van der Waals surface area contributed by atoms with Crippen LogP contribution in [0.4, 0.5) is 5.82 Å². The quantitative estimate of drug-likeness (QED) is 0.917. The second-order valence-corrected chi connectivity index (χ2v) is 4.91. The number of aromatic nitrogens is 1. The summed E-state index contributed by atoms with van der Waals surface area (Å²) < 4.78 is 6.26. The van der Waals surface area contributed by atoms with Gasteiger partial charge in [-0.1, -0.05) is 0 Å². The van der Waals surface area contributed by atoms with E-state index in [-0.39, 0.29) is 0 Å². The van der Waals surface area contributed by atoms with Crippen molar-refractivity contribution in [3.8, 4) is 0 Å². The standard InChI is InChI=1S/C11H15BrN2O/c1-7-3-8(12)6-13-11(7)14-9-4-10(5-9)15-2/h3,6,9-10H,4-5H2,1-2H3,(H,13,14). The molecular formula is C11H15BrN2O. The number of aryl methyl sites for hydroxylation is 1. The minimum atomic E-state index is 0.429. The molecule has 1 saturated carbocycles. The molecule has 1 aliphatic carbocycles. The zero-order valence-electron chi connectivity index (χ0n) is 8.96. The Balaban J connectivity index is 1.94. The summed E-state index contributed by atoms with van der Waals surface area (Å²) in [6, 6.07) is 2.59. The SMILES string of the molecule is COC1CC(Nc2ncc(Br)cc2C)C1. The van der Waals surface area contributed by atoms with Crippen LogP contribution < -0.4 is 5.32 Å². The molecule has 1 heterocycles. The van der Waals surface area contributed by atoms with Crippen LogP contribution in [0.25, 0.3) is 0 Å². The van der Waals surface area contributed by atoms with Gasteiger partial charge in [0.05, 0.1) is 6.10 Å². The van der Waals surface area contributed by atoms with Gasteiger partial charge in [0, 0.05) is 23.8 Å². The summed E-state index contributed by atoms with van der Waals surface area (Å²) in [7, 11) is 1.77. The lowest BCUT2D eigenvalue weighted by Crippen LogP contribution is -2.40. The number of rotatable bonds is 3. The lowest BCUT2D eigenvalue weighted by Gasteiger charge is -2.35. The lowest BCUT2D eigenvalue weighted by molar-refractivity contribution is 0.0328. The van der Waals surface area contributed by atoms with Gasteiger partial charge in [-0.2, -0.15) is 0 Å². The molecule has 0 unspecified atom stereocenters. The molecule has 82 valence electrons. The van der Waals surface area contributed by atoms with E-state index in [1.165, 1.54) is 5.56 Å². The van der Waals surface area contributed by atoms with Crippen molar-refractivity contribution in [2.24, 2.45) is 0 Å². The Morgan fingerprint density at radius 2 is 2.27 bits per heavy atom. The third-order valence-corrected chi connectivity index (χ3v) is 3.25. The van der Waals surface area contributed by atoms with Crippen LogP contribution in [0, 0.1) is 6.92 Å². The van der Waals surface area contributed by atoms with E-state index in [0.717, 1.165) is 23.1 Å². The van der Waals surface area contributed by atoms with Gasteiger partial charge >= 0.3 is 0 Å². The first-order valence-corrected chi connectivity index (χ1v) is 5.90. The highest BCUT2D eigenvalue weighted by Gasteiger charge is 2.29. The molecule has 1 aliphatic rings. The van der Waals surface area contributed by atoms with Crippen molar-refractivity contribution in [2.75, 3.05) is 12.4 Å². The molecule has 15 heavy (non-hydrogen) atoms. The van der Waals surface area contributed by atoms with Gasteiger partial charge in [0.15, 0.2) is 0 Å². The normalized spacial score (nSPS) is 24.7. The number of anilines is 1. The van der Waals surface area contributed by atoms with E-state index >= 15 is 0 Å². The van der Waals surface area contributed by atoms with E-state index in [1.54, 1.807) is 7.11 Å². The van der Waals surface area contributed by atoms with Gasteiger partial charge in [0.1, 0.15) is 5.82 Å². The van der Waals surface area contributed by atoms with E-state index in [9.17, 15) is 0 Å². The fraction of sp³-hybridized carbons (Fsp3) is 0.545. The summed E-state index contributed by atoms with van der Waals surface area (Å²) >= 11 is 3.40. The minimum absolute atomic E-state index is 0.429. The highest BCUT2D eigenvalue weighted by atomic mass is 79.9. The summed E-state index contributed by atoms with van der Waals surface area (Å²) in [4.78, 5) is 4.35. The zero-order valence-corrected chi connectivity index (χ0v) is 10.5. The topological polar surface area (TPSA) is 34.1 Å². The molecule has 4 heteroatoms. The van der Waals surface area contributed by atoms with Gasteiger partial charge in [-0.3, -0.25) is 0 Å². The maximum atomic E-state index is 5.24. The number of pyridine rings is 1. The van der Waals surface area contributed by atoms with Crippen LogP contribution >= 0.6 is 15.9 Å². The first-order valence-electron chi connectivity index (χ1n) is 5.10. The molecule has 2 rings (SSSR count). The summed E-state index contributed by atoms with van der Waals surface area (Å²) in [5, 5.41) is 3.43. The Morgan fingerprint density at radius 1 is 1.53 bits per heavy atom. The van der Waals surface area contributed by atoms with Crippen molar-refractivity contribution in [1.29, 1.82) is 0 Å². The van der Waals surface area contributed by atoms with E-state index in [2.05, 4.69) is 39.2 Å². The summed E-state index contributed by atoms with van der Waals surface area (Å²) in [5.74, 6) is 0.984. The number of hydrogen-bond donors (Lipinski definition) is 1. The molecule has 0 amide bonds. The average Bonchev–Trinajstić information content (AvgIpc) is 2.13. The minimum Gasteiger partial charge on any atom is -0.381 e. The van der Waals surface area contributed by atoms with Crippen LogP contribution in [0.3, 0.4) is 0 Å². The molecule has 0 bridgehead atoms. The van der Waals surface area contributed by atoms with Gasteiger partial charge < -0.3 is 10.1 Å². The van der Waals surface area contributed by atoms with Crippen LogP contribution in [0.2, 0.25) is 0 Å². The molecule has 0 atom stereocenters. The first-order chi connectivity index (χ1) is 7.19. The Morgan fingerprint density at radius 3 is 2.87 bits per heavy atom. The monoisotopic (exact) mass is 270 g/mol. The molecule has 1 aromatic heterocycles. The molecule has 0 radical (unpaired) electrons. The Hall–Kier alpha value is -0.610. The van der Waals surface area contributed by atoms with E-state index in [1.807, 2.05) is 6.20 Å². The second-order valence-electron chi connectivity index (χ2n) is 3.99. The lowest BCUT2D eigenvalue weighted by atomic mass is 9.89. The zero-order chi connectivity index (χ0) is 10.8. The third-order valence-electron chi connectivity index (χ3n) is 2.81. The number of nitrogens with one attached hydrogen (secondary N) is 1. The van der Waals surface area contributed by atoms with E-state index < -0.39 is 0 Å². The predicted octanol–water partition coefficient (Wildman–Crippen LogP) is 2.74. The van der Waals surface area contributed by atoms with Crippen LogP contribution in [-0.4, -0.2) is 24.2 Å².